The van der Waals surface area contributed by atoms with E-state index in [-0.39, 0.29) is 11.1 Å². The third-order valence-electron chi connectivity index (χ3n) is 5.40. The molecule has 0 atom stereocenters. The topological polar surface area (TPSA) is 170 Å². The first-order valence-electron chi connectivity index (χ1n) is 12.6. The molecule has 0 aliphatic rings. The maximum Gasteiger partial charge on any atom is 0.315 e. The fraction of sp³-hybridized carbons (Fsp3) is 0.462. The lowest BCUT2D eigenvalue weighted by molar-refractivity contribution is -0.386. The van der Waals surface area contributed by atoms with Gasteiger partial charge in [-0.25, -0.2) is 0 Å². The molecule has 0 radical (unpaired) electrons. The van der Waals surface area contributed by atoms with Crippen molar-refractivity contribution >= 4 is 23.8 Å². The van der Waals surface area contributed by atoms with Gasteiger partial charge in [0.05, 0.1) is 35.2 Å². The van der Waals surface area contributed by atoms with E-state index >= 15 is 0 Å². The Morgan fingerprint density at radius 3 is 1.47 bits per heavy atom. The van der Waals surface area contributed by atoms with Crippen molar-refractivity contribution in [1.29, 1.82) is 0 Å². The van der Waals surface area contributed by atoms with Crippen LogP contribution in [0.15, 0.2) is 34.3 Å². The Hall–Kier alpha value is -4.22. The van der Waals surface area contributed by atoms with Gasteiger partial charge in [-0.2, -0.15) is 0 Å². The van der Waals surface area contributed by atoms with E-state index < -0.39 is 32.7 Å². The molecule has 206 valence electrons. The number of phenols is 2. The number of aromatic hydroxyl groups is 2. The van der Waals surface area contributed by atoms with Gasteiger partial charge in [0.15, 0.2) is 0 Å². The van der Waals surface area contributed by atoms with Crippen LogP contribution in [0.4, 0.5) is 11.4 Å². The molecule has 2 aromatic rings. The number of aliphatic imine (C=N–C) groups is 2. The van der Waals surface area contributed by atoms with Crippen LogP contribution in [-0.2, 0) is 0 Å². The number of nitro benzene ring substituents is 2. The standard InChI is InChI=1S/C26H34N4O8/c1-3-5-11-37-21-13-19(25(31)23(15-21)29(33)34)17-27-9-7-8-10-28-18-20-14-22(38-12-6-4-2)16-24(26(20)32)30(35)36/h13-18,31-32H,3-12H2,1-2H3. The first kappa shape index (κ1) is 30.0. The normalized spacial score (nSPS) is 11.3. The predicted octanol–water partition coefficient (Wildman–Crippen LogP) is 5.59. The average molecular weight is 531 g/mol. The number of nitrogens with zero attached hydrogens (tertiary/aromatic N) is 4. The van der Waals surface area contributed by atoms with Gasteiger partial charge in [0, 0.05) is 36.6 Å². The van der Waals surface area contributed by atoms with Crippen LogP contribution in [0, 0.1) is 20.2 Å². The molecule has 2 rings (SSSR count). The van der Waals surface area contributed by atoms with Crippen molar-refractivity contribution in [3.63, 3.8) is 0 Å². The summed E-state index contributed by atoms with van der Waals surface area (Å²) in [6, 6.07) is 5.41. The van der Waals surface area contributed by atoms with Crippen molar-refractivity contribution in [3.05, 3.63) is 55.6 Å². The summed E-state index contributed by atoms with van der Waals surface area (Å²) < 4.78 is 11.1. The number of unbranched alkanes of at least 4 members (excludes halogenated alkanes) is 3. The van der Waals surface area contributed by atoms with Gasteiger partial charge in [0.1, 0.15) is 11.5 Å². The summed E-state index contributed by atoms with van der Waals surface area (Å²) in [5.74, 6) is -0.355. The van der Waals surface area contributed by atoms with E-state index in [1.54, 1.807) is 0 Å². The first-order chi connectivity index (χ1) is 18.3. The highest BCUT2D eigenvalue weighted by atomic mass is 16.6. The van der Waals surface area contributed by atoms with Crippen LogP contribution in [0.25, 0.3) is 0 Å². The molecule has 0 aromatic heterocycles. The summed E-state index contributed by atoms with van der Waals surface area (Å²) in [5.41, 5.74) is -0.500. The van der Waals surface area contributed by atoms with Crippen LogP contribution >= 0.6 is 0 Å². The second-order valence-electron chi connectivity index (χ2n) is 8.46. The van der Waals surface area contributed by atoms with Gasteiger partial charge in [-0.05, 0) is 37.8 Å². The summed E-state index contributed by atoms with van der Waals surface area (Å²) in [4.78, 5) is 29.7. The van der Waals surface area contributed by atoms with E-state index in [2.05, 4.69) is 9.98 Å². The maximum atomic E-state index is 11.3. The van der Waals surface area contributed by atoms with Gasteiger partial charge in [-0.3, -0.25) is 30.2 Å². The first-order valence-corrected chi connectivity index (χ1v) is 12.6. The summed E-state index contributed by atoms with van der Waals surface area (Å²) in [6.45, 7) is 5.61. The third-order valence-corrected chi connectivity index (χ3v) is 5.40. The SMILES string of the molecule is CCCCOc1cc(C=NCCCCN=Cc2cc(OCCCC)cc([N+](=O)[O-])c2O)c(O)c([N+](=O)[O-])c1. The number of rotatable bonds is 17. The molecule has 0 saturated carbocycles. The molecule has 38 heavy (non-hydrogen) atoms. The number of phenolic OH excluding ortho intramolecular Hbond substituents is 2. The van der Waals surface area contributed by atoms with Crippen molar-refractivity contribution in [2.24, 2.45) is 9.98 Å². The molecule has 0 saturated heterocycles. The molecule has 0 unspecified atom stereocenters. The van der Waals surface area contributed by atoms with E-state index in [4.69, 9.17) is 9.47 Å². The zero-order chi connectivity index (χ0) is 27.9. The predicted molar refractivity (Wildman–Crippen MR) is 144 cm³/mol. The summed E-state index contributed by atoms with van der Waals surface area (Å²) >= 11 is 0. The number of hydrogen-bond acceptors (Lipinski definition) is 10. The molecule has 12 nitrogen and oxygen atoms in total. The highest BCUT2D eigenvalue weighted by Crippen LogP contribution is 2.34. The molecule has 0 aliphatic heterocycles. The molecule has 0 fully saturated rings. The van der Waals surface area contributed by atoms with Crippen molar-refractivity contribution in [3.8, 4) is 23.0 Å². The summed E-state index contributed by atoms with van der Waals surface area (Å²) in [6.07, 6.45) is 7.45. The Morgan fingerprint density at radius 2 is 1.13 bits per heavy atom. The maximum absolute atomic E-state index is 11.3. The van der Waals surface area contributed by atoms with Crippen molar-refractivity contribution in [1.82, 2.24) is 0 Å². The number of benzene rings is 2. The largest absolute Gasteiger partial charge is 0.502 e. The molecule has 0 amide bonds. The summed E-state index contributed by atoms with van der Waals surface area (Å²) in [7, 11) is 0. The quantitative estimate of drug-likeness (QED) is 0.115. The lowest BCUT2D eigenvalue weighted by Crippen LogP contribution is -2.00. The highest BCUT2D eigenvalue weighted by molar-refractivity contribution is 5.87. The monoisotopic (exact) mass is 530 g/mol. The van der Waals surface area contributed by atoms with Crippen LogP contribution in [-0.4, -0.2) is 58.8 Å². The fourth-order valence-corrected chi connectivity index (χ4v) is 3.27. The summed E-state index contributed by atoms with van der Waals surface area (Å²) in [5, 5.41) is 43.0. The minimum atomic E-state index is -0.670. The molecule has 0 aliphatic carbocycles. The zero-order valence-electron chi connectivity index (χ0n) is 21.7. The molecule has 0 bridgehead atoms. The van der Waals surface area contributed by atoms with E-state index in [1.165, 1.54) is 36.7 Å². The van der Waals surface area contributed by atoms with E-state index in [0.29, 0.717) is 50.6 Å². The van der Waals surface area contributed by atoms with E-state index in [1.807, 2.05) is 13.8 Å². The molecule has 2 N–H and O–H groups in total. The Balaban J connectivity index is 1.94. The molecule has 12 heteroatoms. The lowest BCUT2D eigenvalue weighted by atomic mass is 10.1. The van der Waals surface area contributed by atoms with Crippen LogP contribution < -0.4 is 9.47 Å². The smallest absolute Gasteiger partial charge is 0.315 e. The van der Waals surface area contributed by atoms with Crippen LogP contribution in [0.1, 0.15) is 63.5 Å². The van der Waals surface area contributed by atoms with Gasteiger partial charge in [-0.15, -0.1) is 0 Å². The van der Waals surface area contributed by atoms with Gasteiger partial charge in [0.2, 0.25) is 11.5 Å². The fourth-order valence-electron chi connectivity index (χ4n) is 3.27. The highest BCUT2D eigenvalue weighted by Gasteiger charge is 2.20. The molecular formula is C26H34N4O8. The second kappa shape index (κ2) is 15.8. The minimum absolute atomic E-state index is 0.196. The molecule has 0 heterocycles. The zero-order valence-corrected chi connectivity index (χ0v) is 21.7. The number of hydrogen-bond donors (Lipinski definition) is 2. The van der Waals surface area contributed by atoms with Crippen LogP contribution in [0.3, 0.4) is 0 Å². The van der Waals surface area contributed by atoms with Crippen molar-refractivity contribution in [2.45, 2.75) is 52.4 Å². The Kier molecular flexibility index (Phi) is 12.5. The van der Waals surface area contributed by atoms with Gasteiger partial charge < -0.3 is 19.7 Å². The van der Waals surface area contributed by atoms with Gasteiger partial charge in [-0.1, -0.05) is 26.7 Å². The number of nitro groups is 2. The third kappa shape index (κ3) is 9.34. The van der Waals surface area contributed by atoms with E-state index in [0.717, 1.165) is 25.7 Å². The van der Waals surface area contributed by atoms with Gasteiger partial charge in [0.25, 0.3) is 0 Å². The van der Waals surface area contributed by atoms with Crippen LogP contribution in [0.2, 0.25) is 0 Å². The Bertz CT molecular complexity index is 1060. The average Bonchev–Trinajstić information content (AvgIpc) is 2.88. The van der Waals surface area contributed by atoms with Crippen molar-refractivity contribution in [2.75, 3.05) is 26.3 Å². The number of ether oxygens (including phenoxy) is 2. The lowest BCUT2D eigenvalue weighted by Gasteiger charge is -2.08. The van der Waals surface area contributed by atoms with Crippen molar-refractivity contribution < 1.29 is 29.5 Å². The second-order valence-corrected chi connectivity index (χ2v) is 8.46. The molecule has 0 spiro atoms. The Labute approximate surface area is 221 Å². The molecule has 2 aromatic carbocycles. The van der Waals surface area contributed by atoms with Gasteiger partial charge >= 0.3 is 11.4 Å². The van der Waals surface area contributed by atoms with E-state index in [9.17, 15) is 30.4 Å². The molecular weight excluding hydrogens is 496 g/mol. The Morgan fingerprint density at radius 1 is 0.737 bits per heavy atom. The minimum Gasteiger partial charge on any atom is -0.502 e. The van der Waals surface area contributed by atoms with Crippen LogP contribution in [0.5, 0.6) is 23.0 Å².